The highest BCUT2D eigenvalue weighted by molar-refractivity contribution is 4.88. The van der Waals surface area contributed by atoms with Gasteiger partial charge < -0.3 is 0 Å². The van der Waals surface area contributed by atoms with E-state index in [1.165, 1.54) is 83.5 Å². The Morgan fingerprint density at radius 1 is 0.571 bits per heavy atom. The molecule has 0 bridgehead atoms. The Kier molecular flexibility index (Phi) is 12.2. The van der Waals surface area contributed by atoms with Crippen molar-refractivity contribution in [3.8, 4) is 0 Å². The molecule has 2 aliphatic rings. The van der Waals surface area contributed by atoms with Crippen LogP contribution in [0.1, 0.15) is 156 Å². The molecule has 0 spiro atoms. The van der Waals surface area contributed by atoms with Gasteiger partial charge in [0, 0.05) is 0 Å². The minimum absolute atomic E-state index is 0.735. The summed E-state index contributed by atoms with van der Waals surface area (Å²) in [5.74, 6) is 3.26. The first-order valence-corrected chi connectivity index (χ1v) is 13.7. The van der Waals surface area contributed by atoms with Crippen molar-refractivity contribution in [2.45, 2.75) is 156 Å². The summed E-state index contributed by atoms with van der Waals surface area (Å²) in [6.07, 6.45) is 31.6. The number of hydrogen-bond acceptors (Lipinski definition) is 0. The molecule has 2 aliphatic carbocycles. The maximum Gasteiger partial charge on any atom is -0.0300 e. The van der Waals surface area contributed by atoms with Crippen molar-refractivity contribution in [2.24, 2.45) is 23.2 Å². The van der Waals surface area contributed by atoms with Crippen LogP contribution >= 0.6 is 0 Å². The van der Waals surface area contributed by atoms with Crippen LogP contribution in [-0.4, -0.2) is 0 Å². The van der Waals surface area contributed by atoms with Crippen LogP contribution in [0, 0.1) is 23.2 Å². The molecule has 2 rings (SSSR count). The summed E-state index contributed by atoms with van der Waals surface area (Å²) in [4.78, 5) is 0. The lowest BCUT2D eigenvalue weighted by Crippen LogP contribution is -2.31. The predicted octanol–water partition coefficient (Wildman–Crippen LogP) is 10.1. The van der Waals surface area contributed by atoms with Crippen LogP contribution in [-0.2, 0) is 0 Å². The average Bonchev–Trinajstić information content (AvgIpc) is 2.74. The molecule has 0 atom stereocenters. The molecule has 0 N–H and O–H groups in total. The van der Waals surface area contributed by atoms with E-state index in [0.29, 0.717) is 0 Å². The fourth-order valence-corrected chi connectivity index (χ4v) is 6.59. The van der Waals surface area contributed by atoms with Gasteiger partial charge in [-0.05, 0) is 68.1 Å². The average molecular weight is 391 g/mol. The molecule has 2 fully saturated rings. The fraction of sp³-hybridized carbons (Fsp3) is 1.00. The highest BCUT2D eigenvalue weighted by atomic mass is 14.4. The molecule has 0 heteroatoms. The number of hydrogen-bond donors (Lipinski definition) is 0. The second kappa shape index (κ2) is 14.1. The first kappa shape index (κ1) is 24.3. The Morgan fingerprint density at radius 2 is 1.11 bits per heavy atom. The van der Waals surface area contributed by atoms with E-state index >= 15 is 0 Å². The van der Waals surface area contributed by atoms with Crippen molar-refractivity contribution in [1.29, 1.82) is 0 Å². The molecule has 0 aliphatic heterocycles. The van der Waals surface area contributed by atoms with Crippen molar-refractivity contribution in [3.05, 3.63) is 0 Å². The van der Waals surface area contributed by atoms with Crippen LogP contribution in [0.5, 0.6) is 0 Å². The first-order chi connectivity index (χ1) is 13.7. The second-order valence-corrected chi connectivity index (χ2v) is 10.8. The van der Waals surface area contributed by atoms with Gasteiger partial charge in [-0.25, -0.2) is 0 Å². The molecule has 2 saturated carbocycles. The summed E-state index contributed by atoms with van der Waals surface area (Å²) in [6, 6.07) is 0. The van der Waals surface area contributed by atoms with Crippen LogP contribution in [0.25, 0.3) is 0 Å². The van der Waals surface area contributed by atoms with E-state index in [0.717, 1.165) is 23.2 Å². The normalized spacial score (nSPS) is 31.2. The van der Waals surface area contributed by atoms with Crippen LogP contribution in [0.15, 0.2) is 0 Å². The van der Waals surface area contributed by atoms with Crippen molar-refractivity contribution in [1.82, 2.24) is 0 Å². The third kappa shape index (κ3) is 8.39. The zero-order chi connectivity index (χ0) is 20.1. The standard InChI is InChI=1S/C28H54/c1-4-7-9-11-13-15-25-16-18-26(19-17-25)27-20-23-28(6-3,24-21-27)22-14-12-10-8-5-2/h25-27H,4-24H2,1-3H3/t25?,26?,27-,28-. The summed E-state index contributed by atoms with van der Waals surface area (Å²) < 4.78 is 0. The largest absolute Gasteiger partial charge is 0.0654 e. The summed E-state index contributed by atoms with van der Waals surface area (Å²) in [5, 5.41) is 0. The van der Waals surface area contributed by atoms with E-state index < -0.39 is 0 Å². The maximum absolute atomic E-state index is 2.48. The Bertz CT molecular complexity index is 354. The van der Waals surface area contributed by atoms with Gasteiger partial charge in [0.25, 0.3) is 0 Å². The van der Waals surface area contributed by atoms with Crippen LogP contribution in [0.3, 0.4) is 0 Å². The van der Waals surface area contributed by atoms with Gasteiger partial charge in [0.2, 0.25) is 0 Å². The lowest BCUT2D eigenvalue weighted by molar-refractivity contribution is 0.0797. The van der Waals surface area contributed by atoms with Crippen LogP contribution < -0.4 is 0 Å². The molecule has 0 nitrogen and oxygen atoms in total. The molecule has 0 unspecified atom stereocenters. The summed E-state index contributed by atoms with van der Waals surface area (Å²) in [6.45, 7) is 7.14. The van der Waals surface area contributed by atoms with Crippen molar-refractivity contribution < 1.29 is 0 Å². The number of unbranched alkanes of at least 4 members (excludes halogenated alkanes) is 8. The topological polar surface area (TPSA) is 0 Å². The lowest BCUT2D eigenvalue weighted by Gasteiger charge is -2.44. The molecule has 0 radical (unpaired) electrons. The van der Waals surface area contributed by atoms with Crippen LogP contribution in [0.4, 0.5) is 0 Å². The fourth-order valence-electron chi connectivity index (χ4n) is 6.59. The van der Waals surface area contributed by atoms with Gasteiger partial charge in [0.15, 0.2) is 0 Å². The Hall–Kier alpha value is 0. The van der Waals surface area contributed by atoms with Gasteiger partial charge in [-0.1, -0.05) is 111 Å². The molecular weight excluding hydrogens is 336 g/mol. The molecule has 0 amide bonds. The minimum atomic E-state index is 0.735. The molecule has 0 saturated heterocycles. The van der Waals surface area contributed by atoms with Gasteiger partial charge in [-0.3, -0.25) is 0 Å². The molecule has 0 aromatic carbocycles. The predicted molar refractivity (Wildman–Crippen MR) is 127 cm³/mol. The van der Waals surface area contributed by atoms with Gasteiger partial charge in [-0.2, -0.15) is 0 Å². The SMILES string of the molecule is CCCCCCCC1CCC([C@H]2CC[C@](CC)(CCCCCCC)CC2)CC1. The quantitative estimate of drug-likeness (QED) is 0.259. The van der Waals surface area contributed by atoms with Crippen molar-refractivity contribution >= 4 is 0 Å². The Balaban J connectivity index is 1.61. The summed E-state index contributed by atoms with van der Waals surface area (Å²) >= 11 is 0. The molecule has 166 valence electrons. The van der Waals surface area contributed by atoms with Crippen LogP contribution in [0.2, 0.25) is 0 Å². The zero-order valence-electron chi connectivity index (χ0n) is 20.1. The highest BCUT2D eigenvalue weighted by Gasteiger charge is 2.36. The van der Waals surface area contributed by atoms with Gasteiger partial charge in [0.1, 0.15) is 0 Å². The van der Waals surface area contributed by atoms with Crippen molar-refractivity contribution in [2.75, 3.05) is 0 Å². The Morgan fingerprint density at radius 3 is 1.68 bits per heavy atom. The molecule has 0 aromatic heterocycles. The monoisotopic (exact) mass is 390 g/mol. The lowest BCUT2D eigenvalue weighted by atomic mass is 9.62. The molecule has 0 aromatic rings. The Labute approximate surface area is 179 Å². The van der Waals surface area contributed by atoms with Crippen molar-refractivity contribution in [3.63, 3.8) is 0 Å². The maximum atomic E-state index is 2.48. The van der Waals surface area contributed by atoms with Gasteiger partial charge in [0.05, 0.1) is 0 Å². The van der Waals surface area contributed by atoms with E-state index in [-0.39, 0.29) is 0 Å². The van der Waals surface area contributed by atoms with Gasteiger partial charge in [-0.15, -0.1) is 0 Å². The van der Waals surface area contributed by atoms with E-state index in [2.05, 4.69) is 20.8 Å². The zero-order valence-corrected chi connectivity index (χ0v) is 20.1. The van der Waals surface area contributed by atoms with Gasteiger partial charge >= 0.3 is 0 Å². The third-order valence-electron chi connectivity index (χ3n) is 8.93. The molecule has 0 heterocycles. The highest BCUT2D eigenvalue weighted by Crippen LogP contribution is 2.49. The summed E-state index contributed by atoms with van der Waals surface area (Å²) in [7, 11) is 0. The van der Waals surface area contributed by atoms with E-state index in [9.17, 15) is 0 Å². The first-order valence-electron chi connectivity index (χ1n) is 13.7. The van der Waals surface area contributed by atoms with E-state index in [1.54, 1.807) is 51.4 Å². The van der Waals surface area contributed by atoms with E-state index in [1.807, 2.05) is 0 Å². The minimum Gasteiger partial charge on any atom is -0.0654 e. The second-order valence-electron chi connectivity index (χ2n) is 10.8. The molecular formula is C28H54. The van der Waals surface area contributed by atoms with E-state index in [4.69, 9.17) is 0 Å². The third-order valence-corrected chi connectivity index (χ3v) is 8.93. The molecule has 28 heavy (non-hydrogen) atoms. The smallest absolute Gasteiger partial charge is 0.0300 e. The summed E-state index contributed by atoms with van der Waals surface area (Å²) in [5.41, 5.74) is 0.735. The number of rotatable bonds is 14.